The fraction of sp³-hybridized carbons (Fsp3) is 0.375. The largest absolute Gasteiger partial charge is 0.493 e. The van der Waals surface area contributed by atoms with Crippen LogP contribution in [0.1, 0.15) is 24.2 Å². The van der Waals surface area contributed by atoms with Gasteiger partial charge in [-0.25, -0.2) is 18.1 Å². The number of hydrogen-bond acceptors (Lipinski definition) is 5. The van der Waals surface area contributed by atoms with Crippen LogP contribution in [0.3, 0.4) is 0 Å². The Labute approximate surface area is 141 Å². The Bertz CT molecular complexity index is 843. The predicted molar refractivity (Wildman–Crippen MR) is 90.8 cm³/mol. The molecule has 2 aromatic rings. The number of nitrogens with one attached hydrogen (secondary N) is 1. The summed E-state index contributed by atoms with van der Waals surface area (Å²) in [5.41, 5.74) is 0.785. The Morgan fingerprint density at radius 3 is 2.96 bits per heavy atom. The van der Waals surface area contributed by atoms with Gasteiger partial charge >= 0.3 is 0 Å². The van der Waals surface area contributed by atoms with Gasteiger partial charge in [-0.2, -0.15) is 5.10 Å². The zero-order chi connectivity index (χ0) is 17.0. The lowest BCUT2D eigenvalue weighted by molar-refractivity contribution is 0.325. The Morgan fingerprint density at radius 1 is 1.33 bits per heavy atom. The Morgan fingerprint density at radius 2 is 2.17 bits per heavy atom. The third-order valence-electron chi connectivity index (χ3n) is 3.70. The van der Waals surface area contributed by atoms with Gasteiger partial charge in [0, 0.05) is 32.0 Å². The van der Waals surface area contributed by atoms with Crippen LogP contribution in [0.2, 0.25) is 0 Å². The van der Waals surface area contributed by atoms with Crippen LogP contribution in [0, 0.1) is 0 Å². The molecule has 1 N–H and O–H groups in total. The number of hydrogen-bond donors (Lipinski definition) is 1. The first-order chi connectivity index (χ1) is 11.5. The van der Waals surface area contributed by atoms with Crippen molar-refractivity contribution in [1.29, 1.82) is 0 Å². The van der Waals surface area contributed by atoms with E-state index in [1.165, 1.54) is 0 Å². The molecule has 0 saturated carbocycles. The molecule has 1 aliphatic rings. The van der Waals surface area contributed by atoms with Crippen molar-refractivity contribution in [3.63, 3.8) is 0 Å². The maximum absolute atomic E-state index is 12.5. The van der Waals surface area contributed by atoms with E-state index in [0.29, 0.717) is 48.9 Å². The molecule has 0 saturated heterocycles. The van der Waals surface area contributed by atoms with Crippen LogP contribution in [0.4, 0.5) is 0 Å². The zero-order valence-corrected chi connectivity index (χ0v) is 14.3. The number of aromatic nitrogens is 3. The molecule has 0 spiro atoms. The number of nitrogens with zero attached hydrogens (tertiary/aromatic N) is 3. The summed E-state index contributed by atoms with van der Waals surface area (Å²) in [6.45, 7) is 0.696. The predicted octanol–water partition coefficient (Wildman–Crippen LogP) is 1.49. The van der Waals surface area contributed by atoms with Crippen LogP contribution in [-0.4, -0.2) is 36.3 Å². The normalized spacial score (nSPS) is 14.5. The van der Waals surface area contributed by atoms with Crippen LogP contribution >= 0.6 is 0 Å². The minimum absolute atomic E-state index is 0.348. The highest BCUT2D eigenvalue weighted by atomic mass is 32.2. The van der Waals surface area contributed by atoms with E-state index in [9.17, 15) is 8.42 Å². The molecule has 2 heterocycles. The highest BCUT2D eigenvalue weighted by Gasteiger charge is 2.20. The number of fused-ring (bicyclic) bond motifs is 1. The summed E-state index contributed by atoms with van der Waals surface area (Å²) >= 11 is 0. The first-order valence-electron chi connectivity index (χ1n) is 7.81. The molecule has 0 bridgehead atoms. The van der Waals surface area contributed by atoms with Crippen LogP contribution < -0.4 is 9.46 Å². The minimum Gasteiger partial charge on any atom is -0.493 e. The van der Waals surface area contributed by atoms with Crippen molar-refractivity contribution in [3.8, 4) is 5.75 Å². The molecule has 8 heteroatoms. The van der Waals surface area contributed by atoms with Crippen LogP contribution in [0.25, 0.3) is 6.08 Å². The number of rotatable bonds is 6. The molecule has 0 amide bonds. The Kier molecular flexibility index (Phi) is 4.96. The summed E-state index contributed by atoms with van der Waals surface area (Å²) in [5, 5.41) is 4.17. The van der Waals surface area contributed by atoms with Crippen molar-refractivity contribution in [2.75, 3.05) is 13.2 Å². The quantitative estimate of drug-likeness (QED) is 0.800. The van der Waals surface area contributed by atoms with Gasteiger partial charge in [-0.3, -0.25) is 4.68 Å². The third kappa shape index (κ3) is 4.01. The molecule has 1 aliphatic heterocycles. The van der Waals surface area contributed by atoms with E-state index < -0.39 is 10.0 Å². The van der Waals surface area contributed by atoms with Gasteiger partial charge in [0.2, 0.25) is 10.0 Å². The molecule has 1 aromatic heterocycles. The molecule has 0 unspecified atom stereocenters. The smallest absolute Gasteiger partial charge is 0.236 e. The lowest BCUT2D eigenvalue weighted by Gasteiger charge is -2.08. The average Bonchev–Trinajstić information content (AvgIpc) is 2.84. The van der Waals surface area contributed by atoms with E-state index >= 15 is 0 Å². The van der Waals surface area contributed by atoms with E-state index in [1.54, 1.807) is 24.1 Å². The second kappa shape index (κ2) is 7.14. The van der Waals surface area contributed by atoms with E-state index in [1.807, 2.05) is 24.3 Å². The van der Waals surface area contributed by atoms with Crippen molar-refractivity contribution in [1.82, 2.24) is 19.5 Å². The molecule has 1 aromatic carbocycles. The molecule has 3 rings (SSSR count). The number of benzene rings is 1. The highest BCUT2D eigenvalue weighted by Crippen LogP contribution is 2.27. The van der Waals surface area contributed by atoms with E-state index in [4.69, 9.17) is 4.74 Å². The lowest BCUT2D eigenvalue weighted by atomic mass is 10.2. The molecule has 24 heavy (non-hydrogen) atoms. The van der Waals surface area contributed by atoms with E-state index in [-0.39, 0.29) is 0 Å². The van der Waals surface area contributed by atoms with Crippen molar-refractivity contribution >= 4 is 16.1 Å². The van der Waals surface area contributed by atoms with Crippen LogP contribution in [-0.2, 0) is 23.5 Å². The Balaban J connectivity index is 1.61. The van der Waals surface area contributed by atoms with E-state index in [0.717, 1.165) is 5.56 Å². The van der Waals surface area contributed by atoms with Gasteiger partial charge in [0.05, 0.1) is 11.5 Å². The molecular weight excluding hydrogens is 328 g/mol. The molecule has 128 valence electrons. The van der Waals surface area contributed by atoms with Gasteiger partial charge in [-0.1, -0.05) is 18.2 Å². The van der Waals surface area contributed by atoms with Gasteiger partial charge in [0.15, 0.2) is 5.82 Å². The van der Waals surface area contributed by atoms with Crippen molar-refractivity contribution in [3.05, 3.63) is 46.9 Å². The summed E-state index contributed by atoms with van der Waals surface area (Å²) in [7, 11) is -1.71. The number of sulfonamides is 1. The molecule has 0 radical (unpaired) electrons. The van der Waals surface area contributed by atoms with Crippen LogP contribution in [0.15, 0.2) is 35.5 Å². The third-order valence-corrected chi connectivity index (χ3v) is 5.30. The lowest BCUT2D eigenvalue weighted by Crippen LogP contribution is -2.27. The van der Waals surface area contributed by atoms with Crippen LogP contribution in [0.5, 0.6) is 5.75 Å². The molecule has 0 fully saturated rings. The highest BCUT2D eigenvalue weighted by molar-refractivity contribution is 7.93. The summed E-state index contributed by atoms with van der Waals surface area (Å²) in [6.07, 6.45) is 4.95. The monoisotopic (exact) mass is 348 g/mol. The van der Waals surface area contributed by atoms with Gasteiger partial charge in [0.25, 0.3) is 0 Å². The molecule has 0 atom stereocenters. The minimum atomic E-state index is -3.51. The number of para-hydroxylation sites is 1. The van der Waals surface area contributed by atoms with Gasteiger partial charge < -0.3 is 4.74 Å². The second-order valence-corrected chi connectivity index (χ2v) is 7.40. The first kappa shape index (κ1) is 16.7. The Hall–Kier alpha value is -2.19. The van der Waals surface area contributed by atoms with Crippen molar-refractivity contribution in [2.45, 2.75) is 19.3 Å². The fourth-order valence-electron chi connectivity index (χ4n) is 2.49. The molecular formula is C16H20N4O3S. The summed E-state index contributed by atoms with van der Waals surface area (Å²) in [4.78, 5) is 4.47. The fourth-order valence-corrected chi connectivity index (χ4v) is 3.73. The second-order valence-electron chi connectivity index (χ2n) is 5.58. The van der Waals surface area contributed by atoms with Crippen molar-refractivity contribution < 1.29 is 13.2 Å². The summed E-state index contributed by atoms with van der Waals surface area (Å²) < 4.78 is 34.9. The van der Waals surface area contributed by atoms with Gasteiger partial charge in [0.1, 0.15) is 12.1 Å². The maximum Gasteiger partial charge on any atom is 0.236 e. The van der Waals surface area contributed by atoms with Gasteiger partial charge in [-0.05, 0) is 18.6 Å². The standard InChI is InChI=1S/C16H20N4O3S/c1-20-12-17-16(19-20)7-4-9-18-24(21,22)14-8-10-23-15-6-3-2-5-13(15)11-14/h2-3,5-6,11-12,18H,4,7-10H2,1H3. The SMILES string of the molecule is Cn1cnc(CCCNS(=O)(=O)C2=Cc3ccccc3OCC2)n1. The molecule has 0 aliphatic carbocycles. The first-order valence-corrected chi connectivity index (χ1v) is 9.29. The summed E-state index contributed by atoms with van der Waals surface area (Å²) in [6, 6.07) is 7.43. The summed E-state index contributed by atoms with van der Waals surface area (Å²) in [5.74, 6) is 1.43. The molecule has 7 nitrogen and oxygen atoms in total. The average molecular weight is 348 g/mol. The maximum atomic E-state index is 12.5. The van der Waals surface area contributed by atoms with Crippen molar-refractivity contribution in [2.24, 2.45) is 7.05 Å². The van der Waals surface area contributed by atoms with E-state index in [2.05, 4.69) is 14.8 Å². The van der Waals surface area contributed by atoms with Gasteiger partial charge in [-0.15, -0.1) is 0 Å². The zero-order valence-electron chi connectivity index (χ0n) is 13.5. The number of aryl methyl sites for hydroxylation is 2. The number of ether oxygens (including phenoxy) is 1. The topological polar surface area (TPSA) is 86.1 Å².